The summed E-state index contributed by atoms with van der Waals surface area (Å²) in [6, 6.07) is 6.29. The number of carbonyl (C=O) groups excluding carboxylic acids is 1. The minimum absolute atomic E-state index is 0.0253. The first-order valence-electron chi connectivity index (χ1n) is 11.9. The Hall–Kier alpha value is -4.52. The lowest BCUT2D eigenvalue weighted by atomic mass is 9.98. The topological polar surface area (TPSA) is 120 Å². The van der Waals surface area contributed by atoms with E-state index in [0.29, 0.717) is 59.7 Å². The zero-order valence-corrected chi connectivity index (χ0v) is 20.4. The number of para-hydroxylation sites is 1. The molecule has 0 aliphatic carbocycles. The van der Waals surface area contributed by atoms with Gasteiger partial charge in [-0.15, -0.1) is 0 Å². The molecule has 2 aliphatic heterocycles. The summed E-state index contributed by atoms with van der Waals surface area (Å²) in [5.74, 6) is 5.53. The Morgan fingerprint density at radius 2 is 2.19 bits per heavy atom. The van der Waals surface area contributed by atoms with Gasteiger partial charge in [0.15, 0.2) is 11.6 Å². The molecule has 1 aromatic carbocycles. The van der Waals surface area contributed by atoms with E-state index in [1.165, 1.54) is 18.1 Å². The molecule has 2 aromatic heterocycles. The Bertz CT molecular complexity index is 1460. The highest BCUT2D eigenvalue weighted by molar-refractivity contribution is 6.06. The molecule has 0 saturated carbocycles. The lowest BCUT2D eigenvalue weighted by molar-refractivity contribution is 0.0946. The molecule has 1 atom stereocenters. The van der Waals surface area contributed by atoms with Crippen molar-refractivity contribution in [1.29, 1.82) is 0 Å². The summed E-state index contributed by atoms with van der Waals surface area (Å²) in [6.45, 7) is 2.74. The van der Waals surface area contributed by atoms with Gasteiger partial charge in [-0.05, 0) is 38.0 Å². The number of rotatable bonds is 4. The van der Waals surface area contributed by atoms with Crippen molar-refractivity contribution in [3.63, 3.8) is 0 Å². The van der Waals surface area contributed by atoms with Crippen LogP contribution in [0.1, 0.15) is 41.4 Å². The highest BCUT2D eigenvalue weighted by Crippen LogP contribution is 2.40. The number of aromatic amines is 1. The molecule has 3 aromatic rings. The lowest BCUT2D eigenvalue weighted by Crippen LogP contribution is -2.43. The number of likely N-dealkylation sites (tertiary alicyclic amines) is 1. The van der Waals surface area contributed by atoms with E-state index in [4.69, 9.17) is 4.74 Å². The molecule has 0 bridgehead atoms. The number of pyridine rings is 1. The minimum atomic E-state index is -1.00. The number of nitrogens with one attached hydrogen (secondary N) is 3. The number of aromatic nitrogens is 2. The van der Waals surface area contributed by atoms with Crippen LogP contribution in [0.15, 0.2) is 36.7 Å². The number of amides is 2. The molecular weight excluding hydrogens is 477 g/mol. The maximum Gasteiger partial charge on any atom is 0.408 e. The van der Waals surface area contributed by atoms with Gasteiger partial charge in [0.2, 0.25) is 0 Å². The van der Waals surface area contributed by atoms with Crippen molar-refractivity contribution in [3.8, 4) is 28.8 Å². The Morgan fingerprint density at radius 3 is 2.97 bits per heavy atom. The number of hydrogen-bond acceptors (Lipinski definition) is 5. The third-order valence-electron chi connectivity index (χ3n) is 6.82. The fourth-order valence-electron chi connectivity index (χ4n) is 4.97. The summed E-state index contributed by atoms with van der Waals surface area (Å²) >= 11 is 0. The van der Waals surface area contributed by atoms with Crippen LogP contribution in [0.3, 0.4) is 0 Å². The number of nitrogens with zero attached hydrogens (tertiary/aromatic N) is 2. The Morgan fingerprint density at radius 1 is 1.35 bits per heavy atom. The average molecular weight is 504 g/mol. The predicted molar refractivity (Wildman–Crippen MR) is 136 cm³/mol. The van der Waals surface area contributed by atoms with Gasteiger partial charge in [-0.3, -0.25) is 14.7 Å². The second-order valence-corrected chi connectivity index (χ2v) is 9.16. The largest absolute Gasteiger partial charge is 0.492 e. The zero-order chi connectivity index (χ0) is 26.2. The van der Waals surface area contributed by atoms with Crippen molar-refractivity contribution in [3.05, 3.63) is 59.3 Å². The normalized spacial score (nSPS) is 18.5. The van der Waals surface area contributed by atoms with Crippen LogP contribution < -0.4 is 15.4 Å². The number of ether oxygens (including phenoxy) is 1. The van der Waals surface area contributed by atoms with Crippen LogP contribution in [-0.4, -0.2) is 57.7 Å². The smallest absolute Gasteiger partial charge is 0.408 e. The molecule has 1 saturated heterocycles. The van der Waals surface area contributed by atoms with Crippen molar-refractivity contribution in [1.82, 2.24) is 20.2 Å². The van der Waals surface area contributed by atoms with Gasteiger partial charge in [-0.25, -0.2) is 9.18 Å². The van der Waals surface area contributed by atoms with Crippen LogP contribution >= 0.6 is 0 Å². The number of benzene rings is 1. The predicted octanol–water partition coefficient (Wildman–Crippen LogP) is 4.14. The van der Waals surface area contributed by atoms with E-state index in [2.05, 4.69) is 32.4 Å². The second-order valence-electron chi connectivity index (χ2n) is 9.16. The van der Waals surface area contributed by atoms with Gasteiger partial charge in [0.1, 0.15) is 5.54 Å². The fourth-order valence-corrected chi connectivity index (χ4v) is 4.97. The average Bonchev–Trinajstić information content (AvgIpc) is 3.45. The van der Waals surface area contributed by atoms with Gasteiger partial charge in [0, 0.05) is 43.2 Å². The quantitative estimate of drug-likeness (QED) is 0.398. The first-order valence-corrected chi connectivity index (χ1v) is 11.9. The number of fused-ring (bicyclic) bond motifs is 1. The third kappa shape index (κ3) is 4.33. The van der Waals surface area contributed by atoms with E-state index in [-0.39, 0.29) is 11.7 Å². The van der Waals surface area contributed by atoms with Gasteiger partial charge in [0.05, 0.1) is 35.3 Å². The van der Waals surface area contributed by atoms with Gasteiger partial charge in [-0.1, -0.05) is 17.9 Å². The Labute approximate surface area is 213 Å². The number of carbonyl (C=O) groups is 2. The van der Waals surface area contributed by atoms with E-state index in [9.17, 15) is 19.1 Å². The molecule has 2 aliphatic rings. The zero-order valence-electron chi connectivity index (χ0n) is 20.4. The molecule has 37 heavy (non-hydrogen) atoms. The number of halogens is 1. The SMILES string of the molecule is COc1c(F)cccc1Nc1c(-c2ccncc2C#C[C@]2(C)CCCN2C(=O)O)[nH]c2c1C(=O)NCC2. The number of carboxylic acid groups (broad SMARTS) is 1. The highest BCUT2D eigenvalue weighted by Gasteiger charge is 2.38. The summed E-state index contributed by atoms with van der Waals surface area (Å²) in [7, 11) is 1.38. The molecule has 0 unspecified atom stereocenters. The number of H-pyrrole nitrogens is 1. The monoisotopic (exact) mass is 503 g/mol. The molecule has 190 valence electrons. The molecule has 4 N–H and O–H groups in total. The van der Waals surface area contributed by atoms with Gasteiger partial charge in [-0.2, -0.15) is 0 Å². The Kier molecular flexibility index (Phi) is 6.21. The molecule has 5 rings (SSSR count). The summed E-state index contributed by atoms with van der Waals surface area (Å²) < 4.78 is 19.7. The second kappa shape index (κ2) is 9.50. The van der Waals surface area contributed by atoms with Crippen molar-refractivity contribution in [2.24, 2.45) is 0 Å². The van der Waals surface area contributed by atoms with Crippen LogP contribution in [0.2, 0.25) is 0 Å². The van der Waals surface area contributed by atoms with E-state index < -0.39 is 17.4 Å². The van der Waals surface area contributed by atoms with Gasteiger partial charge in [0.25, 0.3) is 5.91 Å². The van der Waals surface area contributed by atoms with E-state index in [1.807, 2.05) is 6.92 Å². The number of methoxy groups -OCH3 is 1. The Balaban J connectivity index is 1.64. The molecule has 1 fully saturated rings. The number of hydrogen-bond donors (Lipinski definition) is 4. The van der Waals surface area contributed by atoms with Crippen LogP contribution in [0.4, 0.5) is 20.6 Å². The van der Waals surface area contributed by atoms with E-state index in [1.54, 1.807) is 30.6 Å². The minimum Gasteiger partial charge on any atom is -0.492 e. The molecular formula is C27H26FN5O4. The molecule has 9 nitrogen and oxygen atoms in total. The molecule has 10 heteroatoms. The lowest BCUT2D eigenvalue weighted by Gasteiger charge is -2.27. The maximum absolute atomic E-state index is 14.4. The molecule has 2 amide bonds. The van der Waals surface area contributed by atoms with Crippen LogP contribution in [0.25, 0.3) is 11.3 Å². The third-order valence-corrected chi connectivity index (χ3v) is 6.82. The standard InChI is InChI=1S/C27H26FN5O4/c1-27(10-4-14-33(27)26(35)36)11-7-16-15-29-12-8-17(16)22-23(21-19(31-22)9-13-30-25(21)34)32-20-6-3-5-18(28)24(20)37-2/h3,5-6,8,12,15,31-32H,4,9-10,13-14H2,1-2H3,(H,30,34)(H,35,36)/t27-/m0/s1. The van der Waals surface area contributed by atoms with Crippen molar-refractivity contribution < 1.29 is 23.8 Å². The summed E-state index contributed by atoms with van der Waals surface area (Å²) in [6.07, 6.45) is 4.18. The fraction of sp³-hybridized carbons (Fsp3) is 0.296. The molecule has 0 spiro atoms. The highest BCUT2D eigenvalue weighted by atomic mass is 19.1. The first-order chi connectivity index (χ1) is 17.8. The number of anilines is 2. The van der Waals surface area contributed by atoms with Gasteiger partial charge >= 0.3 is 6.09 Å². The first kappa shape index (κ1) is 24.2. The summed E-state index contributed by atoms with van der Waals surface area (Å²) in [5, 5.41) is 15.7. The van der Waals surface area contributed by atoms with Crippen molar-refractivity contribution in [2.45, 2.75) is 31.7 Å². The summed E-state index contributed by atoms with van der Waals surface area (Å²) in [4.78, 5) is 33.6. The van der Waals surface area contributed by atoms with Crippen LogP contribution in [0, 0.1) is 17.7 Å². The molecule has 0 radical (unpaired) electrons. The molecule has 4 heterocycles. The summed E-state index contributed by atoms with van der Waals surface area (Å²) in [5.41, 5.74) is 3.01. The van der Waals surface area contributed by atoms with Crippen molar-refractivity contribution >= 4 is 23.4 Å². The van der Waals surface area contributed by atoms with E-state index in [0.717, 1.165) is 12.1 Å². The maximum atomic E-state index is 14.4. The van der Waals surface area contributed by atoms with Gasteiger partial charge < -0.3 is 25.5 Å². The van der Waals surface area contributed by atoms with E-state index >= 15 is 0 Å². The van der Waals surface area contributed by atoms with Crippen LogP contribution in [0.5, 0.6) is 5.75 Å². The van der Waals surface area contributed by atoms with Crippen molar-refractivity contribution in [2.75, 3.05) is 25.5 Å². The van der Waals surface area contributed by atoms with Crippen LogP contribution in [-0.2, 0) is 6.42 Å².